The van der Waals surface area contributed by atoms with Crippen LogP contribution in [0.25, 0.3) is 0 Å². The third-order valence-corrected chi connectivity index (χ3v) is 10.9. The highest BCUT2D eigenvalue weighted by molar-refractivity contribution is 5.03. The van der Waals surface area contributed by atoms with Gasteiger partial charge >= 0.3 is 0 Å². The van der Waals surface area contributed by atoms with Crippen LogP contribution in [0.2, 0.25) is 0 Å². The smallest absolute Gasteiger partial charge is 0.0870 e. The van der Waals surface area contributed by atoms with E-state index in [4.69, 9.17) is 18.9 Å². The zero-order valence-electron chi connectivity index (χ0n) is 18.9. The highest BCUT2D eigenvalue weighted by Gasteiger charge is 2.55. The zero-order valence-corrected chi connectivity index (χ0v) is 18.9. The lowest BCUT2D eigenvalue weighted by atomic mass is 9.67. The standard InChI is InChI=1S/C27H40O4/c1-3-20-12-22(28-20)16(1)10-18-6-14(8-24-26(18)30-24)5-15-7-19(27-25(9-15)31-27)11-17-2-4-21-13-23(17)29-21/h14-27H,1-13H2. The average molecular weight is 429 g/mol. The lowest BCUT2D eigenvalue weighted by Crippen LogP contribution is -2.48. The molecule has 0 aromatic rings. The van der Waals surface area contributed by atoms with Crippen molar-refractivity contribution in [2.45, 2.75) is 132 Å². The van der Waals surface area contributed by atoms with Crippen molar-refractivity contribution in [1.29, 1.82) is 0 Å². The van der Waals surface area contributed by atoms with E-state index < -0.39 is 0 Å². The Morgan fingerprint density at radius 2 is 0.903 bits per heavy atom. The van der Waals surface area contributed by atoms with Gasteiger partial charge in [0.2, 0.25) is 0 Å². The molecule has 6 saturated heterocycles. The third kappa shape index (κ3) is 3.45. The number of epoxide rings is 2. The molecule has 4 nitrogen and oxygen atoms in total. The molecule has 10 rings (SSSR count). The van der Waals surface area contributed by atoms with Gasteiger partial charge in [-0.25, -0.2) is 0 Å². The van der Waals surface area contributed by atoms with Crippen molar-refractivity contribution < 1.29 is 18.9 Å². The zero-order chi connectivity index (χ0) is 20.1. The molecular weight excluding hydrogens is 388 g/mol. The Labute approximate surface area is 187 Å². The van der Waals surface area contributed by atoms with Gasteiger partial charge in [0, 0.05) is 12.8 Å². The first-order valence-electron chi connectivity index (χ1n) is 13.9. The van der Waals surface area contributed by atoms with E-state index in [1.807, 2.05) is 0 Å². The maximum Gasteiger partial charge on any atom is 0.0870 e. The Morgan fingerprint density at radius 3 is 1.32 bits per heavy atom. The Bertz CT molecular complexity index is 636. The van der Waals surface area contributed by atoms with Crippen molar-refractivity contribution >= 4 is 0 Å². The van der Waals surface area contributed by atoms with Crippen LogP contribution in [0.5, 0.6) is 0 Å². The monoisotopic (exact) mass is 428 g/mol. The van der Waals surface area contributed by atoms with Gasteiger partial charge in [0.05, 0.1) is 48.8 Å². The predicted molar refractivity (Wildman–Crippen MR) is 116 cm³/mol. The molecule has 10 aliphatic rings. The van der Waals surface area contributed by atoms with Crippen molar-refractivity contribution in [1.82, 2.24) is 0 Å². The Balaban J connectivity index is 0.880. The van der Waals surface area contributed by atoms with Gasteiger partial charge in [0.25, 0.3) is 0 Å². The first kappa shape index (κ1) is 19.2. The molecule has 0 radical (unpaired) electrons. The first-order valence-corrected chi connectivity index (χ1v) is 13.9. The van der Waals surface area contributed by atoms with Gasteiger partial charge in [-0.3, -0.25) is 0 Å². The molecule has 4 bridgehead atoms. The number of hydrogen-bond donors (Lipinski definition) is 0. The van der Waals surface area contributed by atoms with Gasteiger partial charge in [0.15, 0.2) is 0 Å². The summed E-state index contributed by atoms with van der Waals surface area (Å²) in [5, 5.41) is 0. The van der Waals surface area contributed by atoms with E-state index in [9.17, 15) is 0 Å². The van der Waals surface area contributed by atoms with Gasteiger partial charge < -0.3 is 18.9 Å². The van der Waals surface area contributed by atoms with E-state index in [1.165, 1.54) is 83.5 Å². The van der Waals surface area contributed by atoms with Crippen LogP contribution in [0, 0.1) is 35.5 Å². The minimum absolute atomic E-state index is 0.592. The van der Waals surface area contributed by atoms with Crippen molar-refractivity contribution in [3.05, 3.63) is 0 Å². The fourth-order valence-electron chi connectivity index (χ4n) is 9.27. The fourth-order valence-corrected chi connectivity index (χ4v) is 9.27. The van der Waals surface area contributed by atoms with Gasteiger partial charge in [-0.2, -0.15) is 0 Å². The summed E-state index contributed by atoms with van der Waals surface area (Å²) in [5.74, 6) is 5.04. The molecule has 14 atom stereocenters. The van der Waals surface area contributed by atoms with Crippen LogP contribution in [0.3, 0.4) is 0 Å². The maximum absolute atomic E-state index is 6.19. The normalized spacial score (nSPS) is 60.8. The summed E-state index contributed by atoms with van der Waals surface area (Å²) in [7, 11) is 0. The van der Waals surface area contributed by atoms with Gasteiger partial charge in [-0.05, 0) is 106 Å². The van der Waals surface area contributed by atoms with E-state index in [0.29, 0.717) is 48.8 Å². The Morgan fingerprint density at radius 1 is 0.419 bits per heavy atom. The number of ether oxygens (including phenoxy) is 4. The van der Waals surface area contributed by atoms with Crippen molar-refractivity contribution in [2.75, 3.05) is 0 Å². The molecule has 14 unspecified atom stereocenters. The summed E-state index contributed by atoms with van der Waals surface area (Å²) < 4.78 is 24.5. The average Bonchev–Trinajstić information content (AvgIpc) is 3.61. The minimum atomic E-state index is 0.592. The van der Waals surface area contributed by atoms with E-state index in [1.54, 1.807) is 0 Å². The lowest BCUT2D eigenvalue weighted by Gasteiger charge is -2.48. The molecule has 0 aromatic heterocycles. The summed E-state index contributed by atoms with van der Waals surface area (Å²) in [4.78, 5) is 0. The first-order chi connectivity index (χ1) is 15.2. The lowest BCUT2D eigenvalue weighted by molar-refractivity contribution is -0.189. The van der Waals surface area contributed by atoms with E-state index in [2.05, 4.69) is 0 Å². The highest BCUT2D eigenvalue weighted by atomic mass is 16.6. The molecule has 4 heteroatoms. The van der Waals surface area contributed by atoms with Crippen LogP contribution in [-0.2, 0) is 18.9 Å². The summed E-state index contributed by atoms with van der Waals surface area (Å²) in [6.45, 7) is 0. The van der Waals surface area contributed by atoms with Gasteiger partial charge in [-0.1, -0.05) is 0 Å². The molecule has 0 N–H and O–H groups in total. The maximum atomic E-state index is 6.19. The van der Waals surface area contributed by atoms with Crippen LogP contribution in [0.15, 0.2) is 0 Å². The molecule has 10 fully saturated rings. The second-order valence-electron chi connectivity index (χ2n) is 12.9. The summed E-state index contributed by atoms with van der Waals surface area (Å²) in [6.07, 6.45) is 22.6. The molecule has 4 aliphatic carbocycles. The SMILES string of the molecule is C(C1CC(CC2CCC3CC2O3)C2OC2C1)C1CC(CC2CCC3CC2O3)C2OC2C1. The third-order valence-electron chi connectivity index (χ3n) is 10.9. The summed E-state index contributed by atoms with van der Waals surface area (Å²) in [6, 6.07) is 0. The van der Waals surface area contributed by atoms with Crippen molar-refractivity contribution in [3.63, 3.8) is 0 Å². The van der Waals surface area contributed by atoms with E-state index in [-0.39, 0.29) is 0 Å². The van der Waals surface area contributed by atoms with Crippen LogP contribution >= 0.6 is 0 Å². The Hall–Kier alpha value is -0.160. The molecule has 31 heavy (non-hydrogen) atoms. The minimum Gasteiger partial charge on any atom is -0.375 e. The molecule has 6 aliphatic heterocycles. The number of fused-ring (bicyclic) bond motifs is 6. The molecule has 4 saturated carbocycles. The van der Waals surface area contributed by atoms with Crippen molar-refractivity contribution in [2.24, 2.45) is 35.5 Å². The number of hydrogen-bond acceptors (Lipinski definition) is 4. The molecule has 0 aromatic carbocycles. The van der Waals surface area contributed by atoms with Crippen LogP contribution in [0.4, 0.5) is 0 Å². The fraction of sp³-hybridized carbons (Fsp3) is 1.00. The quantitative estimate of drug-likeness (QED) is 0.566. The van der Waals surface area contributed by atoms with Gasteiger partial charge in [-0.15, -0.1) is 0 Å². The van der Waals surface area contributed by atoms with Crippen molar-refractivity contribution in [3.8, 4) is 0 Å². The molecule has 0 amide bonds. The topological polar surface area (TPSA) is 43.5 Å². The van der Waals surface area contributed by atoms with Crippen LogP contribution in [-0.4, -0.2) is 48.8 Å². The molecule has 6 heterocycles. The predicted octanol–water partition coefficient (Wildman–Crippen LogP) is 4.88. The Kier molecular flexibility index (Phi) is 4.43. The van der Waals surface area contributed by atoms with E-state index in [0.717, 1.165) is 35.5 Å². The van der Waals surface area contributed by atoms with Gasteiger partial charge in [0.1, 0.15) is 0 Å². The largest absolute Gasteiger partial charge is 0.375 e. The second-order valence-corrected chi connectivity index (χ2v) is 12.9. The second kappa shape index (κ2) is 7.17. The van der Waals surface area contributed by atoms with Crippen LogP contribution < -0.4 is 0 Å². The highest BCUT2D eigenvalue weighted by Crippen LogP contribution is 2.54. The molecule has 172 valence electrons. The molecule has 0 spiro atoms. The van der Waals surface area contributed by atoms with E-state index >= 15 is 0 Å². The van der Waals surface area contributed by atoms with Crippen LogP contribution in [0.1, 0.15) is 83.5 Å². The summed E-state index contributed by atoms with van der Waals surface area (Å²) in [5.41, 5.74) is 0. The molecular formula is C27H40O4. The number of rotatable bonds is 6. The summed E-state index contributed by atoms with van der Waals surface area (Å²) >= 11 is 0.